The highest BCUT2D eigenvalue weighted by molar-refractivity contribution is 5.94. The maximum Gasteiger partial charge on any atom is 0.271 e. The third-order valence-electron chi connectivity index (χ3n) is 6.34. The number of aliphatic hydroxyl groups is 2. The second-order valence-corrected chi connectivity index (χ2v) is 9.98. The highest BCUT2D eigenvalue weighted by Crippen LogP contribution is 2.28. The summed E-state index contributed by atoms with van der Waals surface area (Å²) in [5.74, 6) is -0.371. The molecule has 0 fully saturated rings. The first-order chi connectivity index (χ1) is 17.7. The van der Waals surface area contributed by atoms with Crippen molar-refractivity contribution in [1.82, 2.24) is 25.3 Å². The number of benzene rings is 2. The Balaban J connectivity index is 1.56. The summed E-state index contributed by atoms with van der Waals surface area (Å²) in [5, 5.41) is 24.5. The molecule has 1 amide bonds. The molecular formula is C28H32FN5O3. The lowest BCUT2D eigenvalue weighted by atomic mass is 9.87. The van der Waals surface area contributed by atoms with E-state index in [0.29, 0.717) is 35.3 Å². The Bertz CT molecular complexity index is 1320. The van der Waals surface area contributed by atoms with E-state index in [9.17, 15) is 19.4 Å². The molecule has 0 bridgehead atoms. The predicted octanol–water partition coefficient (Wildman–Crippen LogP) is 3.92. The van der Waals surface area contributed by atoms with Gasteiger partial charge in [0, 0.05) is 18.3 Å². The van der Waals surface area contributed by atoms with Crippen LogP contribution in [0.15, 0.2) is 67.1 Å². The molecule has 4 rings (SSSR count). The number of halogens is 1. The van der Waals surface area contributed by atoms with Gasteiger partial charge in [-0.2, -0.15) is 0 Å². The van der Waals surface area contributed by atoms with Gasteiger partial charge in [-0.05, 0) is 69.4 Å². The number of hydrogen-bond acceptors (Lipinski definition) is 6. The van der Waals surface area contributed by atoms with Gasteiger partial charge in [0.2, 0.25) is 0 Å². The van der Waals surface area contributed by atoms with Crippen molar-refractivity contribution in [2.45, 2.75) is 63.2 Å². The molecule has 0 aliphatic carbocycles. The van der Waals surface area contributed by atoms with Crippen LogP contribution in [0.5, 0.6) is 0 Å². The number of aliphatic hydroxyl groups excluding tert-OH is 1. The zero-order valence-corrected chi connectivity index (χ0v) is 20.9. The molecule has 4 N–H and O–H groups in total. The van der Waals surface area contributed by atoms with E-state index >= 15 is 0 Å². The van der Waals surface area contributed by atoms with Crippen LogP contribution in [-0.4, -0.2) is 53.8 Å². The van der Waals surface area contributed by atoms with Gasteiger partial charge in [-0.1, -0.05) is 24.3 Å². The van der Waals surface area contributed by atoms with E-state index in [-0.39, 0.29) is 24.5 Å². The first-order valence-corrected chi connectivity index (χ1v) is 12.3. The number of nitrogens with one attached hydrogen (secondary N) is 2. The molecule has 37 heavy (non-hydrogen) atoms. The minimum Gasteiger partial charge on any atom is -0.391 e. The molecule has 194 valence electrons. The number of hydrogen-bond donors (Lipinski definition) is 4. The minimum atomic E-state index is -0.988. The number of H-pyrrole nitrogens is 1. The van der Waals surface area contributed by atoms with E-state index in [4.69, 9.17) is 0 Å². The number of carbonyl (C=O) groups is 1. The predicted molar refractivity (Wildman–Crippen MR) is 138 cm³/mol. The van der Waals surface area contributed by atoms with E-state index in [1.165, 1.54) is 18.3 Å². The fourth-order valence-corrected chi connectivity index (χ4v) is 4.36. The number of aromatic amines is 1. The fraction of sp³-hybridized carbons (Fsp3) is 0.357. The lowest BCUT2D eigenvalue weighted by molar-refractivity contribution is 0.0594. The van der Waals surface area contributed by atoms with Gasteiger partial charge < -0.3 is 20.5 Å². The lowest BCUT2D eigenvalue weighted by Crippen LogP contribution is -2.45. The number of nitrogens with zero attached hydrogens (tertiary/aromatic N) is 3. The van der Waals surface area contributed by atoms with E-state index in [0.717, 1.165) is 0 Å². The monoisotopic (exact) mass is 505 g/mol. The number of rotatable bonds is 11. The van der Waals surface area contributed by atoms with Crippen LogP contribution in [0.1, 0.15) is 60.9 Å². The molecule has 0 aliphatic rings. The Hall–Kier alpha value is -3.69. The standard InChI is InChI=1S/C28H32FN5O3/c1-28(2,37)11-10-19(26-30-12-13-31-26)16-25(35)23(15-18-6-5-7-20(29)14-18)34-27(36)24-17-32-21-8-3-4-9-22(21)33-24/h3-9,12-14,17,19,23,25,35,37H,10-11,15-16H2,1-2H3,(H,30,31)(H,34,36)/t19-,23-,25-/m0/s1. The Morgan fingerprint density at radius 1 is 1.14 bits per heavy atom. The molecule has 4 aromatic rings. The van der Waals surface area contributed by atoms with Gasteiger partial charge >= 0.3 is 0 Å². The fourth-order valence-electron chi connectivity index (χ4n) is 4.36. The summed E-state index contributed by atoms with van der Waals surface area (Å²) in [6.07, 6.45) is 5.32. The maximum absolute atomic E-state index is 13.9. The molecule has 2 aromatic carbocycles. The van der Waals surface area contributed by atoms with Crippen molar-refractivity contribution in [2.75, 3.05) is 0 Å². The van der Waals surface area contributed by atoms with Crippen molar-refractivity contribution < 1.29 is 19.4 Å². The summed E-state index contributed by atoms with van der Waals surface area (Å²) in [6.45, 7) is 3.47. The van der Waals surface area contributed by atoms with Crippen LogP contribution in [0.25, 0.3) is 11.0 Å². The van der Waals surface area contributed by atoms with Crippen LogP contribution >= 0.6 is 0 Å². The van der Waals surface area contributed by atoms with Crippen molar-refractivity contribution in [3.8, 4) is 0 Å². The first kappa shape index (κ1) is 26.4. The summed E-state index contributed by atoms with van der Waals surface area (Å²) < 4.78 is 13.9. The van der Waals surface area contributed by atoms with E-state index in [2.05, 4.69) is 25.3 Å². The van der Waals surface area contributed by atoms with E-state index in [1.807, 2.05) is 18.2 Å². The molecule has 8 nitrogen and oxygen atoms in total. The van der Waals surface area contributed by atoms with Crippen molar-refractivity contribution in [3.63, 3.8) is 0 Å². The molecule has 0 unspecified atom stereocenters. The Kier molecular flexibility index (Phi) is 8.25. The second-order valence-electron chi connectivity index (χ2n) is 9.98. The van der Waals surface area contributed by atoms with Crippen LogP contribution < -0.4 is 5.32 Å². The highest BCUT2D eigenvalue weighted by atomic mass is 19.1. The summed E-state index contributed by atoms with van der Waals surface area (Å²) in [5.41, 5.74) is 1.14. The van der Waals surface area contributed by atoms with Crippen molar-refractivity contribution in [3.05, 3.63) is 90.0 Å². The number of amides is 1. The molecule has 3 atom stereocenters. The summed E-state index contributed by atoms with van der Waals surface area (Å²) >= 11 is 0. The minimum absolute atomic E-state index is 0.125. The lowest BCUT2D eigenvalue weighted by Gasteiger charge is -2.28. The van der Waals surface area contributed by atoms with E-state index < -0.39 is 29.5 Å². The maximum atomic E-state index is 13.9. The SMILES string of the molecule is CC(C)(O)CC[C@@H](C[C@H](O)[C@H](Cc1cccc(F)c1)NC(=O)c1cnc2ccccc2n1)c1ncc[nH]1. The first-order valence-electron chi connectivity index (χ1n) is 12.3. The molecule has 0 spiro atoms. The molecule has 0 radical (unpaired) electrons. The number of carbonyl (C=O) groups excluding carboxylic acids is 1. The largest absolute Gasteiger partial charge is 0.391 e. The van der Waals surface area contributed by atoms with Crippen LogP contribution in [0.4, 0.5) is 4.39 Å². The second kappa shape index (κ2) is 11.6. The highest BCUT2D eigenvalue weighted by Gasteiger charge is 2.29. The molecule has 9 heteroatoms. The van der Waals surface area contributed by atoms with Crippen molar-refractivity contribution >= 4 is 16.9 Å². The third kappa shape index (κ3) is 7.41. The summed E-state index contributed by atoms with van der Waals surface area (Å²) in [4.78, 5) is 29.4. The average molecular weight is 506 g/mol. The van der Waals surface area contributed by atoms with Crippen molar-refractivity contribution in [1.29, 1.82) is 0 Å². The van der Waals surface area contributed by atoms with Gasteiger partial charge in [-0.15, -0.1) is 0 Å². The Labute approximate surface area is 215 Å². The molecular weight excluding hydrogens is 473 g/mol. The van der Waals surface area contributed by atoms with Gasteiger partial charge in [0.1, 0.15) is 17.3 Å². The summed E-state index contributed by atoms with van der Waals surface area (Å²) in [6, 6.07) is 12.6. The van der Waals surface area contributed by atoms with Crippen LogP contribution in [-0.2, 0) is 6.42 Å². The van der Waals surface area contributed by atoms with Crippen LogP contribution in [0, 0.1) is 5.82 Å². The van der Waals surface area contributed by atoms with Crippen LogP contribution in [0.2, 0.25) is 0 Å². The average Bonchev–Trinajstić information content (AvgIpc) is 3.40. The zero-order chi connectivity index (χ0) is 26.4. The number of aromatic nitrogens is 4. The Morgan fingerprint density at radius 2 is 1.92 bits per heavy atom. The van der Waals surface area contributed by atoms with Crippen LogP contribution in [0.3, 0.4) is 0 Å². The van der Waals surface area contributed by atoms with Gasteiger partial charge in [-0.25, -0.2) is 14.4 Å². The van der Waals surface area contributed by atoms with Gasteiger partial charge in [0.15, 0.2) is 0 Å². The Morgan fingerprint density at radius 3 is 2.62 bits per heavy atom. The topological polar surface area (TPSA) is 124 Å². The molecule has 2 heterocycles. The molecule has 0 saturated carbocycles. The van der Waals surface area contributed by atoms with Crippen molar-refractivity contribution in [2.24, 2.45) is 0 Å². The van der Waals surface area contributed by atoms with Gasteiger partial charge in [-0.3, -0.25) is 9.78 Å². The number of para-hydroxylation sites is 2. The number of fused-ring (bicyclic) bond motifs is 1. The molecule has 0 aliphatic heterocycles. The molecule has 2 aromatic heterocycles. The normalized spacial score (nSPS) is 14.3. The smallest absolute Gasteiger partial charge is 0.271 e. The third-order valence-corrected chi connectivity index (χ3v) is 6.34. The van der Waals surface area contributed by atoms with E-state index in [1.54, 1.807) is 44.4 Å². The van der Waals surface area contributed by atoms with Gasteiger partial charge in [0.25, 0.3) is 5.91 Å². The molecule has 0 saturated heterocycles. The quantitative estimate of drug-likeness (QED) is 0.245. The number of imidazole rings is 1. The zero-order valence-electron chi connectivity index (χ0n) is 20.9. The summed E-state index contributed by atoms with van der Waals surface area (Å²) in [7, 11) is 0. The van der Waals surface area contributed by atoms with Gasteiger partial charge in [0.05, 0.1) is 35.0 Å².